The van der Waals surface area contributed by atoms with Gasteiger partial charge in [0.2, 0.25) is 5.88 Å². The number of benzene rings is 1. The number of ether oxygens (including phenoxy) is 1. The van der Waals surface area contributed by atoms with Crippen molar-refractivity contribution in [3.8, 4) is 11.6 Å². The first-order chi connectivity index (χ1) is 10.1. The Labute approximate surface area is 125 Å². The van der Waals surface area contributed by atoms with Gasteiger partial charge in [0.25, 0.3) is 0 Å². The van der Waals surface area contributed by atoms with E-state index >= 15 is 0 Å². The molecule has 1 aromatic carbocycles. The van der Waals surface area contributed by atoms with Crippen LogP contribution >= 0.6 is 0 Å². The Bertz CT molecular complexity index is 658. The SMILES string of the molecule is CC(C)c1nn(C)c(Oc2ccc3c(c2)CCCC3)c1N. The number of nitrogens with zero attached hydrogens (tertiary/aromatic N) is 2. The van der Waals surface area contributed by atoms with Crippen LogP contribution in [-0.4, -0.2) is 9.78 Å². The molecule has 0 aliphatic heterocycles. The number of aromatic nitrogens is 2. The normalized spacial score (nSPS) is 14.3. The molecule has 0 bridgehead atoms. The molecule has 2 N–H and O–H groups in total. The highest BCUT2D eigenvalue weighted by molar-refractivity contribution is 5.55. The molecule has 0 radical (unpaired) electrons. The summed E-state index contributed by atoms with van der Waals surface area (Å²) in [6.07, 6.45) is 4.88. The first-order valence-electron chi connectivity index (χ1n) is 7.68. The summed E-state index contributed by atoms with van der Waals surface area (Å²) < 4.78 is 7.74. The van der Waals surface area contributed by atoms with Gasteiger partial charge in [0, 0.05) is 7.05 Å². The zero-order chi connectivity index (χ0) is 15.0. The van der Waals surface area contributed by atoms with Crippen molar-refractivity contribution in [2.24, 2.45) is 7.05 Å². The Morgan fingerprint density at radius 1 is 1.19 bits per heavy atom. The van der Waals surface area contributed by atoms with Crippen molar-refractivity contribution in [1.29, 1.82) is 0 Å². The molecule has 21 heavy (non-hydrogen) atoms. The summed E-state index contributed by atoms with van der Waals surface area (Å²) in [4.78, 5) is 0. The Kier molecular flexibility index (Phi) is 3.62. The van der Waals surface area contributed by atoms with Crippen molar-refractivity contribution < 1.29 is 4.74 Å². The van der Waals surface area contributed by atoms with Crippen LogP contribution in [0.4, 0.5) is 5.69 Å². The molecule has 4 heteroatoms. The highest BCUT2D eigenvalue weighted by Gasteiger charge is 2.18. The van der Waals surface area contributed by atoms with Crippen molar-refractivity contribution in [1.82, 2.24) is 9.78 Å². The smallest absolute Gasteiger partial charge is 0.241 e. The minimum atomic E-state index is 0.289. The van der Waals surface area contributed by atoms with E-state index in [0.717, 1.165) is 17.9 Å². The number of nitrogen functional groups attached to an aromatic ring is 1. The molecule has 3 rings (SSSR count). The number of aryl methyl sites for hydroxylation is 3. The molecular weight excluding hydrogens is 262 g/mol. The molecule has 0 saturated heterocycles. The van der Waals surface area contributed by atoms with E-state index in [1.807, 2.05) is 13.1 Å². The molecule has 1 aromatic heterocycles. The quantitative estimate of drug-likeness (QED) is 0.933. The van der Waals surface area contributed by atoms with Gasteiger partial charge in [-0.15, -0.1) is 0 Å². The van der Waals surface area contributed by atoms with E-state index in [4.69, 9.17) is 10.5 Å². The second kappa shape index (κ2) is 5.43. The molecule has 0 spiro atoms. The lowest BCUT2D eigenvalue weighted by Gasteiger charge is -2.16. The van der Waals surface area contributed by atoms with Gasteiger partial charge in [-0.1, -0.05) is 19.9 Å². The van der Waals surface area contributed by atoms with Crippen molar-refractivity contribution >= 4 is 5.69 Å². The average molecular weight is 285 g/mol. The second-order valence-corrected chi connectivity index (χ2v) is 6.12. The largest absolute Gasteiger partial charge is 0.437 e. The highest BCUT2D eigenvalue weighted by Crippen LogP contribution is 2.34. The van der Waals surface area contributed by atoms with E-state index < -0.39 is 0 Å². The lowest BCUT2D eigenvalue weighted by Crippen LogP contribution is -2.03. The Morgan fingerprint density at radius 3 is 2.57 bits per heavy atom. The minimum absolute atomic E-state index is 0.289. The zero-order valence-corrected chi connectivity index (χ0v) is 13.0. The standard InChI is InChI=1S/C17H23N3O/c1-11(2)16-15(18)17(20(3)19-16)21-14-9-8-12-6-4-5-7-13(12)10-14/h8-11H,4-7,18H2,1-3H3. The third-order valence-corrected chi connectivity index (χ3v) is 4.14. The lowest BCUT2D eigenvalue weighted by molar-refractivity contribution is 0.431. The summed E-state index contributed by atoms with van der Waals surface area (Å²) in [5, 5.41) is 4.46. The van der Waals surface area contributed by atoms with Crippen LogP contribution < -0.4 is 10.5 Å². The minimum Gasteiger partial charge on any atom is -0.437 e. The molecule has 0 saturated carbocycles. The van der Waals surface area contributed by atoms with Gasteiger partial charge in [-0.25, -0.2) is 4.68 Å². The third kappa shape index (κ3) is 2.62. The van der Waals surface area contributed by atoms with E-state index in [2.05, 4.69) is 31.1 Å². The van der Waals surface area contributed by atoms with Gasteiger partial charge in [-0.2, -0.15) is 5.10 Å². The van der Waals surface area contributed by atoms with Gasteiger partial charge in [-0.3, -0.25) is 0 Å². The molecule has 1 heterocycles. The zero-order valence-electron chi connectivity index (χ0n) is 13.0. The maximum Gasteiger partial charge on any atom is 0.241 e. The number of nitrogens with two attached hydrogens (primary N) is 1. The van der Waals surface area contributed by atoms with E-state index in [-0.39, 0.29) is 5.92 Å². The Hall–Kier alpha value is -1.97. The highest BCUT2D eigenvalue weighted by atomic mass is 16.5. The lowest BCUT2D eigenvalue weighted by atomic mass is 9.92. The third-order valence-electron chi connectivity index (χ3n) is 4.14. The predicted octanol–water partition coefficient (Wildman–Crippen LogP) is 3.80. The average Bonchev–Trinajstić information content (AvgIpc) is 2.75. The molecule has 2 aromatic rings. The fourth-order valence-corrected chi connectivity index (χ4v) is 2.98. The topological polar surface area (TPSA) is 53.1 Å². The molecule has 0 fully saturated rings. The van der Waals surface area contributed by atoms with Crippen LogP contribution in [0.15, 0.2) is 18.2 Å². The number of rotatable bonds is 3. The molecule has 1 aliphatic carbocycles. The van der Waals surface area contributed by atoms with Crippen molar-refractivity contribution in [2.45, 2.75) is 45.4 Å². The monoisotopic (exact) mass is 285 g/mol. The van der Waals surface area contributed by atoms with Crippen LogP contribution in [0.1, 0.15) is 49.4 Å². The van der Waals surface area contributed by atoms with Crippen LogP contribution in [0.2, 0.25) is 0 Å². The van der Waals surface area contributed by atoms with Crippen LogP contribution in [-0.2, 0) is 19.9 Å². The van der Waals surface area contributed by atoms with Crippen LogP contribution in [0.3, 0.4) is 0 Å². The van der Waals surface area contributed by atoms with Crippen molar-refractivity contribution in [2.75, 3.05) is 5.73 Å². The predicted molar refractivity (Wildman–Crippen MR) is 84.9 cm³/mol. The fraction of sp³-hybridized carbons (Fsp3) is 0.471. The van der Waals surface area contributed by atoms with Crippen LogP contribution in [0.5, 0.6) is 11.6 Å². The molecule has 1 aliphatic rings. The molecule has 0 atom stereocenters. The maximum atomic E-state index is 6.18. The summed E-state index contributed by atoms with van der Waals surface area (Å²) in [5.41, 5.74) is 10.6. The summed E-state index contributed by atoms with van der Waals surface area (Å²) in [6, 6.07) is 6.36. The first-order valence-corrected chi connectivity index (χ1v) is 7.68. The van der Waals surface area contributed by atoms with Crippen molar-refractivity contribution in [3.63, 3.8) is 0 Å². The Morgan fingerprint density at radius 2 is 1.90 bits per heavy atom. The summed E-state index contributed by atoms with van der Waals surface area (Å²) in [7, 11) is 1.87. The van der Waals surface area contributed by atoms with Gasteiger partial charge in [0.15, 0.2) is 0 Å². The van der Waals surface area contributed by atoms with Gasteiger partial charge in [0.05, 0.1) is 5.69 Å². The maximum absolute atomic E-state index is 6.18. The first kappa shape index (κ1) is 14.0. The molecule has 112 valence electrons. The molecule has 0 unspecified atom stereocenters. The molecule has 0 amide bonds. The van der Waals surface area contributed by atoms with Crippen molar-refractivity contribution in [3.05, 3.63) is 35.0 Å². The van der Waals surface area contributed by atoms with Gasteiger partial charge in [-0.05, 0) is 54.9 Å². The summed E-state index contributed by atoms with van der Waals surface area (Å²) >= 11 is 0. The van der Waals surface area contributed by atoms with Crippen LogP contribution in [0, 0.1) is 0 Å². The van der Waals surface area contributed by atoms with Gasteiger partial charge < -0.3 is 10.5 Å². The van der Waals surface area contributed by atoms with Crippen LogP contribution in [0.25, 0.3) is 0 Å². The molecule has 4 nitrogen and oxygen atoms in total. The number of hydrogen-bond acceptors (Lipinski definition) is 3. The van der Waals surface area contributed by atoms with E-state index in [9.17, 15) is 0 Å². The molecular formula is C17H23N3O. The summed E-state index contributed by atoms with van der Waals surface area (Å²) in [5.74, 6) is 1.77. The number of fused-ring (bicyclic) bond motifs is 1. The van der Waals surface area contributed by atoms with Gasteiger partial charge >= 0.3 is 0 Å². The fourth-order valence-electron chi connectivity index (χ4n) is 2.98. The number of hydrogen-bond donors (Lipinski definition) is 1. The Balaban J connectivity index is 1.90. The number of anilines is 1. The van der Waals surface area contributed by atoms with E-state index in [0.29, 0.717) is 11.6 Å². The van der Waals surface area contributed by atoms with Gasteiger partial charge in [0.1, 0.15) is 11.4 Å². The summed E-state index contributed by atoms with van der Waals surface area (Å²) in [6.45, 7) is 4.17. The van der Waals surface area contributed by atoms with E-state index in [1.54, 1.807) is 4.68 Å². The van der Waals surface area contributed by atoms with E-state index in [1.165, 1.54) is 30.4 Å². The second-order valence-electron chi connectivity index (χ2n) is 6.12.